The van der Waals surface area contributed by atoms with E-state index in [0.717, 1.165) is 12.8 Å². The molecule has 35 heavy (non-hydrogen) atoms. The van der Waals surface area contributed by atoms with E-state index in [-0.39, 0.29) is 41.0 Å². The number of carbonyl (C=O) groups excluding carboxylic acids is 1. The van der Waals surface area contributed by atoms with E-state index in [9.17, 15) is 13.6 Å². The molecule has 2 aromatic heterocycles. The lowest BCUT2D eigenvalue weighted by atomic mass is 10.1. The van der Waals surface area contributed by atoms with E-state index in [0.29, 0.717) is 24.3 Å². The molecule has 0 aliphatic carbocycles. The molecule has 188 valence electrons. The fraction of sp³-hybridized carbons (Fsp3) is 0.522. The number of piperazine rings is 1. The number of thiazole rings is 1. The number of alkyl halides is 2. The Morgan fingerprint density at radius 3 is 2.57 bits per heavy atom. The van der Waals surface area contributed by atoms with Crippen LogP contribution >= 0.6 is 11.3 Å². The first-order chi connectivity index (χ1) is 16.5. The van der Waals surface area contributed by atoms with Crippen LogP contribution in [0.15, 0.2) is 27.4 Å². The molecule has 4 heterocycles. The molecule has 2 aliphatic rings. The quantitative estimate of drug-likeness (QED) is 0.538. The molecular formula is C23H26F2N4O5S. The highest BCUT2D eigenvalue weighted by Crippen LogP contribution is 2.40. The minimum atomic E-state index is -3.77. The van der Waals surface area contributed by atoms with Gasteiger partial charge in [-0.15, -0.1) is 11.3 Å². The first-order valence-electron chi connectivity index (χ1n) is 11.3. The number of benzene rings is 1. The summed E-state index contributed by atoms with van der Waals surface area (Å²) in [4.78, 5) is 25.3. The number of aliphatic hydroxyl groups is 1. The number of anilines is 1. The molecule has 0 radical (unpaired) electrons. The third kappa shape index (κ3) is 4.64. The van der Waals surface area contributed by atoms with Crippen molar-refractivity contribution < 1.29 is 32.6 Å². The average molecular weight is 509 g/mol. The van der Waals surface area contributed by atoms with Crippen molar-refractivity contribution in [2.24, 2.45) is 0 Å². The van der Waals surface area contributed by atoms with Gasteiger partial charge in [0.1, 0.15) is 12.2 Å². The highest BCUT2D eigenvalue weighted by molar-refractivity contribution is 7.07. The largest absolute Gasteiger partial charge is 0.444 e. The molecule has 0 saturated carbocycles. The van der Waals surface area contributed by atoms with E-state index in [2.05, 4.69) is 9.97 Å². The molecular weight excluding hydrogens is 482 g/mol. The summed E-state index contributed by atoms with van der Waals surface area (Å²) in [5.41, 5.74) is 2.66. The minimum absolute atomic E-state index is 0.0777. The maximum atomic E-state index is 13.8. The van der Waals surface area contributed by atoms with Crippen molar-refractivity contribution in [3.8, 4) is 17.0 Å². The van der Waals surface area contributed by atoms with Gasteiger partial charge in [0.15, 0.2) is 16.8 Å². The van der Waals surface area contributed by atoms with Gasteiger partial charge in [-0.3, -0.25) is 4.90 Å². The van der Waals surface area contributed by atoms with Crippen molar-refractivity contribution in [2.45, 2.75) is 57.4 Å². The van der Waals surface area contributed by atoms with Crippen LogP contribution in [-0.4, -0.2) is 69.6 Å². The first-order valence-corrected chi connectivity index (χ1v) is 12.2. The Labute approximate surface area is 204 Å². The zero-order chi connectivity index (χ0) is 25.0. The molecule has 1 amide bonds. The summed E-state index contributed by atoms with van der Waals surface area (Å²) < 4.78 is 44.2. The number of aromatic nitrogens is 2. The van der Waals surface area contributed by atoms with Gasteiger partial charge in [-0.2, -0.15) is 13.8 Å². The Hall–Kier alpha value is -2.99. The second kappa shape index (κ2) is 8.59. The topological polar surface area (TPSA) is 101 Å². The maximum absolute atomic E-state index is 13.8. The molecule has 2 atom stereocenters. The fourth-order valence-electron chi connectivity index (χ4n) is 4.60. The minimum Gasteiger partial charge on any atom is -0.444 e. The van der Waals surface area contributed by atoms with Gasteiger partial charge in [0.05, 0.1) is 23.3 Å². The Bertz CT molecular complexity index is 1210. The Kier molecular flexibility index (Phi) is 5.83. The van der Waals surface area contributed by atoms with Gasteiger partial charge >= 0.3 is 12.2 Å². The molecule has 2 aliphatic heterocycles. The number of rotatable bonds is 5. The number of carbonyl (C=O) groups is 1. The molecule has 3 aromatic rings. The van der Waals surface area contributed by atoms with Gasteiger partial charge in [-0.1, -0.05) is 0 Å². The summed E-state index contributed by atoms with van der Waals surface area (Å²) in [6.45, 7) is 4.97. The zero-order valence-corrected chi connectivity index (χ0v) is 20.3. The van der Waals surface area contributed by atoms with Crippen molar-refractivity contribution in [3.63, 3.8) is 0 Å². The van der Waals surface area contributed by atoms with Crippen LogP contribution in [0, 0.1) is 0 Å². The number of hydrogen-bond donors (Lipinski definition) is 1. The van der Waals surface area contributed by atoms with E-state index in [1.807, 2.05) is 31.1 Å². The third-order valence-corrected chi connectivity index (χ3v) is 6.59. The van der Waals surface area contributed by atoms with Crippen LogP contribution in [0.25, 0.3) is 22.4 Å². The Balaban J connectivity index is 1.48. The van der Waals surface area contributed by atoms with Crippen LogP contribution in [0.1, 0.15) is 33.6 Å². The number of nitrogens with zero attached hydrogens (tertiary/aromatic N) is 4. The van der Waals surface area contributed by atoms with Crippen LogP contribution in [0.2, 0.25) is 0 Å². The van der Waals surface area contributed by atoms with E-state index >= 15 is 0 Å². The van der Waals surface area contributed by atoms with E-state index in [1.165, 1.54) is 17.4 Å². The summed E-state index contributed by atoms with van der Waals surface area (Å²) >= 11 is 1.39. The molecule has 2 unspecified atom stereocenters. The number of hydrogen-bond acceptors (Lipinski definition) is 9. The standard InChI is InChI=1S/C23H26F2N4O5S/c1-22(2,3)34-21(31)29-13-4-5-14(29)9-28(8-13)20-27-18-17(33-23(24,25)11-30)7-6-15(19(18)32-20)16-10-35-12-26-16/h6-7,10,12-14,30H,4-5,8-9,11H2,1-3H3. The smallest absolute Gasteiger partial charge is 0.421 e. The number of fused-ring (bicyclic) bond motifs is 3. The van der Waals surface area contributed by atoms with Crippen molar-refractivity contribution in [1.29, 1.82) is 0 Å². The monoisotopic (exact) mass is 508 g/mol. The number of oxazole rings is 1. The predicted octanol–water partition coefficient (Wildman–Crippen LogP) is 4.50. The first kappa shape index (κ1) is 23.7. The molecule has 2 saturated heterocycles. The lowest BCUT2D eigenvalue weighted by molar-refractivity contribution is -0.200. The van der Waals surface area contributed by atoms with Crippen LogP contribution in [0.5, 0.6) is 5.75 Å². The van der Waals surface area contributed by atoms with Gasteiger partial charge in [0, 0.05) is 24.0 Å². The van der Waals surface area contributed by atoms with Crippen LogP contribution < -0.4 is 9.64 Å². The predicted molar refractivity (Wildman–Crippen MR) is 125 cm³/mol. The summed E-state index contributed by atoms with van der Waals surface area (Å²) in [6, 6.07) is 3.05. The van der Waals surface area contributed by atoms with E-state index in [1.54, 1.807) is 16.5 Å². The lowest BCUT2D eigenvalue weighted by Gasteiger charge is -2.40. The number of amides is 1. The van der Waals surface area contributed by atoms with Crippen molar-refractivity contribution in [2.75, 3.05) is 24.6 Å². The zero-order valence-electron chi connectivity index (χ0n) is 19.5. The van der Waals surface area contributed by atoms with E-state index in [4.69, 9.17) is 19.0 Å². The average Bonchev–Trinajstić information content (AvgIpc) is 3.51. The SMILES string of the molecule is CC(C)(C)OC(=O)N1C2CCC1CN(c1nc3c(OC(F)(F)CO)ccc(-c4cscn4)c3o1)C2. The van der Waals surface area contributed by atoms with Gasteiger partial charge in [0.25, 0.3) is 6.01 Å². The molecule has 1 aromatic carbocycles. The normalized spacial score (nSPS) is 20.5. The maximum Gasteiger partial charge on any atom is 0.421 e. The van der Waals surface area contributed by atoms with Crippen molar-refractivity contribution >= 4 is 34.5 Å². The van der Waals surface area contributed by atoms with Gasteiger partial charge in [-0.25, -0.2) is 9.78 Å². The molecule has 5 rings (SSSR count). The summed E-state index contributed by atoms with van der Waals surface area (Å²) in [7, 11) is 0. The van der Waals surface area contributed by atoms with Crippen molar-refractivity contribution in [1.82, 2.24) is 14.9 Å². The Morgan fingerprint density at radius 1 is 1.26 bits per heavy atom. The van der Waals surface area contributed by atoms with Gasteiger partial charge < -0.3 is 23.9 Å². The number of ether oxygens (including phenoxy) is 2. The second-order valence-electron chi connectivity index (χ2n) is 9.73. The lowest BCUT2D eigenvalue weighted by Crippen LogP contribution is -2.56. The van der Waals surface area contributed by atoms with Crippen LogP contribution in [0.4, 0.5) is 19.6 Å². The molecule has 12 heteroatoms. The highest BCUT2D eigenvalue weighted by Gasteiger charge is 2.45. The molecule has 1 N–H and O–H groups in total. The van der Waals surface area contributed by atoms with Gasteiger partial charge in [-0.05, 0) is 45.7 Å². The summed E-state index contributed by atoms with van der Waals surface area (Å²) in [5, 5.41) is 10.8. The van der Waals surface area contributed by atoms with Crippen LogP contribution in [-0.2, 0) is 4.74 Å². The molecule has 2 bridgehead atoms. The number of aliphatic hydroxyl groups excluding tert-OH is 1. The van der Waals surface area contributed by atoms with Gasteiger partial charge in [0.2, 0.25) is 0 Å². The van der Waals surface area contributed by atoms with E-state index < -0.39 is 18.3 Å². The molecule has 9 nitrogen and oxygen atoms in total. The summed E-state index contributed by atoms with van der Waals surface area (Å²) in [5.74, 6) is -0.205. The number of halogens is 2. The van der Waals surface area contributed by atoms with Crippen molar-refractivity contribution in [3.05, 3.63) is 23.0 Å². The fourth-order valence-corrected chi connectivity index (χ4v) is 5.15. The third-order valence-electron chi connectivity index (χ3n) is 6.00. The Morgan fingerprint density at radius 2 is 1.97 bits per heavy atom. The second-order valence-corrected chi connectivity index (χ2v) is 10.5. The van der Waals surface area contributed by atoms with Crippen LogP contribution in [0.3, 0.4) is 0 Å². The highest BCUT2D eigenvalue weighted by atomic mass is 32.1. The molecule has 2 fully saturated rings. The summed E-state index contributed by atoms with van der Waals surface area (Å²) in [6.07, 6.45) is -2.47. The molecule has 0 spiro atoms.